The van der Waals surface area contributed by atoms with Gasteiger partial charge in [0, 0.05) is 6.04 Å². The van der Waals surface area contributed by atoms with Crippen molar-refractivity contribution in [2.45, 2.75) is 18.9 Å². The highest BCUT2D eigenvalue weighted by Crippen LogP contribution is 2.22. The molecule has 0 bridgehead atoms. The van der Waals surface area contributed by atoms with Gasteiger partial charge >= 0.3 is 0 Å². The summed E-state index contributed by atoms with van der Waals surface area (Å²) in [5.41, 5.74) is 1.19. The van der Waals surface area contributed by atoms with Crippen molar-refractivity contribution in [1.29, 1.82) is 0 Å². The normalized spacial score (nSPS) is 12.2. The van der Waals surface area contributed by atoms with Gasteiger partial charge in [-0.25, -0.2) is 8.78 Å². The molecule has 1 N–H and O–H groups in total. The minimum Gasteiger partial charge on any atom is -0.494 e. The molecule has 0 saturated heterocycles. The Bertz CT molecular complexity index is 601. The first-order chi connectivity index (χ1) is 10.2. The van der Waals surface area contributed by atoms with E-state index in [9.17, 15) is 8.78 Å². The number of methoxy groups -OCH3 is 1. The summed E-state index contributed by atoms with van der Waals surface area (Å²) in [5.74, 6) is -0.356. The highest BCUT2D eigenvalue weighted by molar-refractivity contribution is 5.32. The van der Waals surface area contributed by atoms with E-state index < -0.39 is 0 Å². The fourth-order valence-corrected chi connectivity index (χ4v) is 2.34. The van der Waals surface area contributed by atoms with Crippen molar-refractivity contribution in [2.75, 3.05) is 14.2 Å². The van der Waals surface area contributed by atoms with Crippen LogP contribution in [-0.2, 0) is 12.8 Å². The Hall–Kier alpha value is -1.94. The standard InChI is InChI=1S/C17H19F2NO/c1-20-14(10-12-6-3-4-8-15(12)18)11-13-7-5-9-16(21-2)17(13)19/h3-9,14,20H,10-11H2,1-2H3. The van der Waals surface area contributed by atoms with Gasteiger partial charge in [0.1, 0.15) is 5.82 Å². The van der Waals surface area contributed by atoms with Gasteiger partial charge in [0.05, 0.1) is 7.11 Å². The van der Waals surface area contributed by atoms with E-state index in [2.05, 4.69) is 5.32 Å². The zero-order valence-corrected chi connectivity index (χ0v) is 12.2. The van der Waals surface area contributed by atoms with E-state index in [1.54, 1.807) is 43.4 Å². The topological polar surface area (TPSA) is 21.3 Å². The van der Waals surface area contributed by atoms with E-state index in [0.717, 1.165) is 0 Å². The second-order valence-corrected chi connectivity index (χ2v) is 4.92. The highest BCUT2D eigenvalue weighted by Gasteiger charge is 2.15. The first-order valence-corrected chi connectivity index (χ1v) is 6.87. The Labute approximate surface area is 123 Å². The quantitative estimate of drug-likeness (QED) is 0.881. The SMILES string of the molecule is CNC(Cc1ccccc1F)Cc1cccc(OC)c1F. The molecule has 0 radical (unpaired) electrons. The number of likely N-dealkylation sites (N-methyl/N-ethyl adjacent to an activating group) is 1. The fraction of sp³-hybridized carbons (Fsp3) is 0.294. The van der Waals surface area contributed by atoms with Crippen LogP contribution in [-0.4, -0.2) is 20.2 Å². The number of hydrogen-bond donors (Lipinski definition) is 1. The maximum absolute atomic E-state index is 14.2. The van der Waals surface area contributed by atoms with Crippen LogP contribution >= 0.6 is 0 Å². The molecule has 112 valence electrons. The highest BCUT2D eigenvalue weighted by atomic mass is 19.1. The van der Waals surface area contributed by atoms with Gasteiger partial charge in [-0.1, -0.05) is 30.3 Å². The molecule has 2 aromatic carbocycles. The molecule has 0 spiro atoms. The Kier molecular flexibility index (Phi) is 5.28. The summed E-state index contributed by atoms with van der Waals surface area (Å²) in [5, 5.41) is 3.12. The van der Waals surface area contributed by atoms with Crippen LogP contribution in [0.3, 0.4) is 0 Å². The molecule has 21 heavy (non-hydrogen) atoms. The molecule has 0 fully saturated rings. The molecule has 1 unspecified atom stereocenters. The summed E-state index contributed by atoms with van der Waals surface area (Å²) >= 11 is 0. The van der Waals surface area contributed by atoms with Gasteiger partial charge in [-0.15, -0.1) is 0 Å². The van der Waals surface area contributed by atoms with E-state index in [0.29, 0.717) is 24.0 Å². The first kappa shape index (κ1) is 15.4. The van der Waals surface area contributed by atoms with Crippen LogP contribution in [0.5, 0.6) is 5.75 Å². The van der Waals surface area contributed by atoms with Crippen molar-refractivity contribution >= 4 is 0 Å². The lowest BCUT2D eigenvalue weighted by atomic mass is 9.98. The molecule has 0 aliphatic heterocycles. The predicted molar refractivity (Wildman–Crippen MR) is 79.6 cm³/mol. The third-order valence-corrected chi connectivity index (χ3v) is 3.56. The number of ether oxygens (including phenoxy) is 1. The number of benzene rings is 2. The Morgan fingerprint density at radius 3 is 2.33 bits per heavy atom. The van der Waals surface area contributed by atoms with Gasteiger partial charge in [-0.2, -0.15) is 0 Å². The molecule has 0 aliphatic carbocycles. The van der Waals surface area contributed by atoms with Gasteiger partial charge in [0.25, 0.3) is 0 Å². The molecule has 0 saturated carbocycles. The molecule has 0 amide bonds. The monoisotopic (exact) mass is 291 g/mol. The van der Waals surface area contributed by atoms with Crippen molar-refractivity contribution < 1.29 is 13.5 Å². The molecule has 0 heterocycles. The van der Waals surface area contributed by atoms with Crippen molar-refractivity contribution in [3.05, 3.63) is 65.2 Å². The fourth-order valence-electron chi connectivity index (χ4n) is 2.34. The number of halogens is 2. The predicted octanol–water partition coefficient (Wildman–Crippen LogP) is 3.35. The number of hydrogen-bond acceptors (Lipinski definition) is 2. The van der Waals surface area contributed by atoms with Crippen molar-refractivity contribution in [2.24, 2.45) is 0 Å². The lowest BCUT2D eigenvalue weighted by molar-refractivity contribution is 0.382. The molecular formula is C17H19F2NO. The minimum atomic E-state index is -0.353. The molecule has 2 nitrogen and oxygen atoms in total. The molecule has 0 aromatic heterocycles. The Morgan fingerprint density at radius 2 is 1.67 bits per heavy atom. The molecule has 0 aliphatic rings. The van der Waals surface area contributed by atoms with E-state index in [1.165, 1.54) is 13.2 Å². The van der Waals surface area contributed by atoms with Crippen LogP contribution in [0.4, 0.5) is 8.78 Å². The molecule has 1 atom stereocenters. The van der Waals surface area contributed by atoms with Gasteiger partial charge < -0.3 is 10.1 Å². The number of nitrogens with one attached hydrogen (secondary N) is 1. The number of rotatable bonds is 6. The zero-order chi connectivity index (χ0) is 15.2. The van der Waals surface area contributed by atoms with E-state index in [1.807, 2.05) is 0 Å². The van der Waals surface area contributed by atoms with Crippen LogP contribution in [0.25, 0.3) is 0 Å². The van der Waals surface area contributed by atoms with Gasteiger partial charge in [0.15, 0.2) is 11.6 Å². The van der Waals surface area contributed by atoms with E-state index >= 15 is 0 Å². The second kappa shape index (κ2) is 7.18. The van der Waals surface area contributed by atoms with Crippen molar-refractivity contribution in [1.82, 2.24) is 5.32 Å². The largest absolute Gasteiger partial charge is 0.494 e. The van der Waals surface area contributed by atoms with Gasteiger partial charge in [0.2, 0.25) is 0 Å². The van der Waals surface area contributed by atoms with Crippen molar-refractivity contribution in [3.8, 4) is 5.75 Å². The van der Waals surface area contributed by atoms with Crippen LogP contribution in [0, 0.1) is 11.6 Å². The summed E-state index contributed by atoms with van der Waals surface area (Å²) in [7, 11) is 3.24. The zero-order valence-electron chi connectivity index (χ0n) is 12.2. The summed E-state index contributed by atoms with van der Waals surface area (Å²) in [6.07, 6.45) is 0.966. The van der Waals surface area contributed by atoms with Crippen LogP contribution in [0.2, 0.25) is 0 Å². The summed E-state index contributed by atoms with van der Waals surface area (Å²) in [4.78, 5) is 0. The maximum Gasteiger partial charge on any atom is 0.168 e. The molecule has 2 aromatic rings. The Morgan fingerprint density at radius 1 is 1.00 bits per heavy atom. The van der Waals surface area contributed by atoms with Gasteiger partial charge in [-0.3, -0.25) is 0 Å². The first-order valence-electron chi connectivity index (χ1n) is 6.87. The van der Waals surface area contributed by atoms with E-state index in [4.69, 9.17) is 4.74 Å². The summed E-state index contributed by atoms with van der Waals surface area (Å²) in [6.45, 7) is 0. The third kappa shape index (κ3) is 3.79. The van der Waals surface area contributed by atoms with Crippen molar-refractivity contribution in [3.63, 3.8) is 0 Å². The van der Waals surface area contributed by atoms with Gasteiger partial charge in [-0.05, 0) is 43.1 Å². The average molecular weight is 291 g/mol. The smallest absolute Gasteiger partial charge is 0.168 e. The molecular weight excluding hydrogens is 272 g/mol. The molecule has 2 rings (SSSR count). The van der Waals surface area contributed by atoms with Crippen LogP contribution in [0.15, 0.2) is 42.5 Å². The second-order valence-electron chi connectivity index (χ2n) is 4.92. The third-order valence-electron chi connectivity index (χ3n) is 3.56. The Balaban J connectivity index is 2.15. The van der Waals surface area contributed by atoms with Crippen LogP contribution < -0.4 is 10.1 Å². The van der Waals surface area contributed by atoms with Crippen LogP contribution in [0.1, 0.15) is 11.1 Å². The lowest BCUT2D eigenvalue weighted by Gasteiger charge is -2.17. The maximum atomic E-state index is 14.2. The minimum absolute atomic E-state index is 0.0523. The summed E-state index contributed by atoms with van der Waals surface area (Å²) in [6, 6.07) is 11.7. The summed E-state index contributed by atoms with van der Waals surface area (Å²) < 4.78 is 32.8. The lowest BCUT2D eigenvalue weighted by Crippen LogP contribution is -2.30. The van der Waals surface area contributed by atoms with E-state index in [-0.39, 0.29) is 23.4 Å². The molecule has 4 heteroatoms. The average Bonchev–Trinajstić information content (AvgIpc) is 2.50.